The average molecular weight is 847 g/mol. The second kappa shape index (κ2) is 49.0. The number of hydrogen-bond acceptors (Lipinski definition) is 6. The lowest BCUT2D eigenvalue weighted by molar-refractivity contribution is -0.167. The van der Waals surface area contributed by atoms with E-state index in [1.165, 1.54) is 83.5 Å². The molecule has 0 bridgehead atoms. The molecule has 0 spiro atoms. The van der Waals surface area contributed by atoms with Gasteiger partial charge in [0.05, 0.1) is 0 Å². The molecule has 0 aliphatic carbocycles. The van der Waals surface area contributed by atoms with E-state index in [1.807, 2.05) is 54.7 Å². The highest BCUT2D eigenvalue weighted by molar-refractivity contribution is 5.71. The van der Waals surface area contributed by atoms with Crippen LogP contribution in [0.2, 0.25) is 0 Å². The molecule has 0 amide bonds. The van der Waals surface area contributed by atoms with Crippen molar-refractivity contribution < 1.29 is 28.6 Å². The van der Waals surface area contributed by atoms with Gasteiger partial charge in [0, 0.05) is 19.3 Å². The fraction of sp³-hybridized carbons (Fsp3) is 0.655. The van der Waals surface area contributed by atoms with Crippen molar-refractivity contribution >= 4 is 17.9 Å². The van der Waals surface area contributed by atoms with Crippen LogP contribution in [0.4, 0.5) is 0 Å². The molecule has 0 heterocycles. The summed E-state index contributed by atoms with van der Waals surface area (Å²) in [5.41, 5.74) is 0. The molecule has 61 heavy (non-hydrogen) atoms. The smallest absolute Gasteiger partial charge is 0.306 e. The maximum absolute atomic E-state index is 12.8. The molecule has 0 fully saturated rings. The molecule has 0 N–H and O–H groups in total. The highest BCUT2D eigenvalue weighted by atomic mass is 16.6. The second-order valence-electron chi connectivity index (χ2n) is 16.1. The Balaban J connectivity index is 4.50. The fourth-order valence-electron chi connectivity index (χ4n) is 6.54. The summed E-state index contributed by atoms with van der Waals surface area (Å²) in [6.07, 6.45) is 63.9. The SMILES string of the molecule is CC\C=C/C=C\C=C/C=C\C=C/CCCC(=O)OCC(COC(=O)CCCCCCCC/C=C\C/C=C\C/C=C\CC)OC(=O)CCCCCCCCCCCCCCCC. The quantitative estimate of drug-likeness (QED) is 0.0200. The Kier molecular flexibility index (Phi) is 46.0. The third-order valence-corrected chi connectivity index (χ3v) is 10.2. The average Bonchev–Trinajstić information content (AvgIpc) is 3.26. The lowest BCUT2D eigenvalue weighted by atomic mass is 10.0. The van der Waals surface area contributed by atoms with Crippen LogP contribution in [0.3, 0.4) is 0 Å². The fourth-order valence-corrected chi connectivity index (χ4v) is 6.54. The molecule has 0 aliphatic heterocycles. The summed E-state index contributed by atoms with van der Waals surface area (Å²) < 4.78 is 16.7. The van der Waals surface area contributed by atoms with Crippen LogP contribution in [0.5, 0.6) is 0 Å². The zero-order valence-electron chi connectivity index (χ0n) is 39.4. The van der Waals surface area contributed by atoms with Crippen LogP contribution in [0.1, 0.15) is 213 Å². The third-order valence-electron chi connectivity index (χ3n) is 10.2. The first kappa shape index (κ1) is 57.3. The first-order chi connectivity index (χ1) is 30.0. The van der Waals surface area contributed by atoms with E-state index in [0.29, 0.717) is 19.3 Å². The Morgan fingerprint density at radius 2 is 0.738 bits per heavy atom. The van der Waals surface area contributed by atoms with E-state index in [0.717, 1.165) is 83.5 Å². The highest BCUT2D eigenvalue weighted by Crippen LogP contribution is 2.15. The van der Waals surface area contributed by atoms with Gasteiger partial charge in [-0.25, -0.2) is 0 Å². The molecule has 0 radical (unpaired) electrons. The molecule has 0 aromatic rings. The zero-order valence-corrected chi connectivity index (χ0v) is 39.4. The third kappa shape index (κ3) is 47.2. The molecule has 1 unspecified atom stereocenters. The van der Waals surface area contributed by atoms with E-state index < -0.39 is 6.10 Å². The number of allylic oxidation sites excluding steroid dienone is 16. The largest absolute Gasteiger partial charge is 0.462 e. The topological polar surface area (TPSA) is 78.9 Å². The van der Waals surface area contributed by atoms with Crippen molar-refractivity contribution in [1.82, 2.24) is 0 Å². The monoisotopic (exact) mass is 847 g/mol. The van der Waals surface area contributed by atoms with Crippen molar-refractivity contribution in [2.24, 2.45) is 0 Å². The van der Waals surface area contributed by atoms with Crippen molar-refractivity contribution in [3.8, 4) is 0 Å². The van der Waals surface area contributed by atoms with Crippen molar-refractivity contribution in [3.05, 3.63) is 97.2 Å². The summed E-state index contributed by atoms with van der Waals surface area (Å²) in [7, 11) is 0. The van der Waals surface area contributed by atoms with E-state index >= 15 is 0 Å². The number of rotatable bonds is 43. The summed E-state index contributed by atoms with van der Waals surface area (Å²) in [5.74, 6) is -0.998. The lowest BCUT2D eigenvalue weighted by Gasteiger charge is -2.18. The molecule has 346 valence electrons. The van der Waals surface area contributed by atoms with Crippen molar-refractivity contribution in [1.29, 1.82) is 0 Å². The van der Waals surface area contributed by atoms with Gasteiger partial charge in [0.15, 0.2) is 6.10 Å². The number of ether oxygens (including phenoxy) is 3. The van der Waals surface area contributed by atoms with Crippen molar-refractivity contribution in [2.75, 3.05) is 13.2 Å². The van der Waals surface area contributed by atoms with Crippen LogP contribution in [0.15, 0.2) is 97.2 Å². The highest BCUT2D eigenvalue weighted by Gasteiger charge is 2.19. The molecule has 1 atom stereocenters. The molecular formula is C55H90O6. The standard InChI is InChI=1S/C55H90O6/c1-4-7-10-13-16-19-22-25-27-28-31-33-36-39-42-45-48-54(57)60-51-52(50-59-53(56)47-44-41-38-35-32-29-24-21-18-15-12-9-6-3)61-55(58)49-46-43-40-37-34-30-26-23-20-17-14-11-8-5-2/h7,9-10,12,15-16,18-19,21,24-25,27,29,32,35,38,52H,4-6,8,11,13-14,17,20,22-23,26,28,30-31,33-34,36-37,39-51H2,1-3H3/b10-7-,12-9-,18-15-,19-16-,24-21-,27-25-,32-29-,38-35-. The van der Waals surface area contributed by atoms with Crippen LogP contribution < -0.4 is 0 Å². The number of esters is 3. The minimum atomic E-state index is -0.810. The van der Waals surface area contributed by atoms with Crippen LogP contribution >= 0.6 is 0 Å². The van der Waals surface area contributed by atoms with Crippen LogP contribution in [-0.4, -0.2) is 37.2 Å². The summed E-state index contributed by atoms with van der Waals surface area (Å²) in [6, 6.07) is 0. The Labute approximate surface area is 375 Å². The molecule has 0 aromatic heterocycles. The molecule has 0 aromatic carbocycles. The van der Waals surface area contributed by atoms with Gasteiger partial charge in [0.25, 0.3) is 0 Å². The molecule has 0 saturated heterocycles. The zero-order chi connectivity index (χ0) is 44.4. The van der Waals surface area contributed by atoms with Gasteiger partial charge in [-0.3, -0.25) is 14.4 Å². The van der Waals surface area contributed by atoms with Crippen LogP contribution in [0.25, 0.3) is 0 Å². The van der Waals surface area contributed by atoms with Gasteiger partial charge >= 0.3 is 17.9 Å². The molecule has 0 aliphatic rings. The van der Waals surface area contributed by atoms with Crippen molar-refractivity contribution in [3.63, 3.8) is 0 Å². The molecule has 6 heteroatoms. The van der Waals surface area contributed by atoms with Crippen LogP contribution in [-0.2, 0) is 28.6 Å². The van der Waals surface area contributed by atoms with E-state index in [9.17, 15) is 14.4 Å². The Bertz CT molecular complexity index is 1250. The van der Waals surface area contributed by atoms with E-state index in [4.69, 9.17) is 14.2 Å². The van der Waals surface area contributed by atoms with Gasteiger partial charge in [0.1, 0.15) is 13.2 Å². The van der Waals surface area contributed by atoms with Gasteiger partial charge < -0.3 is 14.2 Å². The van der Waals surface area contributed by atoms with Gasteiger partial charge in [0.2, 0.25) is 0 Å². The number of hydrogen-bond donors (Lipinski definition) is 0. The summed E-state index contributed by atoms with van der Waals surface area (Å²) in [5, 5.41) is 0. The Hall–Kier alpha value is -3.67. The van der Waals surface area contributed by atoms with Gasteiger partial charge in [-0.2, -0.15) is 0 Å². The lowest BCUT2D eigenvalue weighted by Crippen LogP contribution is -2.30. The maximum atomic E-state index is 12.8. The predicted octanol–water partition coefficient (Wildman–Crippen LogP) is 16.2. The first-order valence-electron chi connectivity index (χ1n) is 24.8. The predicted molar refractivity (Wildman–Crippen MR) is 260 cm³/mol. The molecule has 0 rings (SSSR count). The van der Waals surface area contributed by atoms with Gasteiger partial charge in [-0.05, 0) is 64.2 Å². The van der Waals surface area contributed by atoms with E-state index in [1.54, 1.807) is 0 Å². The Morgan fingerprint density at radius 3 is 1.25 bits per heavy atom. The minimum absolute atomic E-state index is 0.107. The normalized spacial score (nSPS) is 12.9. The number of carbonyl (C=O) groups is 3. The number of carbonyl (C=O) groups excluding carboxylic acids is 3. The maximum Gasteiger partial charge on any atom is 0.306 e. The summed E-state index contributed by atoms with van der Waals surface area (Å²) in [6.45, 7) is 6.30. The van der Waals surface area contributed by atoms with E-state index in [-0.39, 0.29) is 37.5 Å². The molecule has 6 nitrogen and oxygen atoms in total. The molecular weight excluding hydrogens is 757 g/mol. The van der Waals surface area contributed by atoms with Crippen molar-refractivity contribution in [2.45, 2.75) is 219 Å². The van der Waals surface area contributed by atoms with Crippen LogP contribution in [0, 0.1) is 0 Å². The minimum Gasteiger partial charge on any atom is -0.462 e. The first-order valence-corrected chi connectivity index (χ1v) is 24.8. The van der Waals surface area contributed by atoms with Gasteiger partial charge in [-0.15, -0.1) is 0 Å². The summed E-state index contributed by atoms with van der Waals surface area (Å²) in [4.78, 5) is 37.9. The van der Waals surface area contributed by atoms with Gasteiger partial charge in [-0.1, -0.05) is 227 Å². The molecule has 0 saturated carbocycles. The summed E-state index contributed by atoms with van der Waals surface area (Å²) >= 11 is 0. The second-order valence-corrected chi connectivity index (χ2v) is 16.1. The van der Waals surface area contributed by atoms with E-state index in [2.05, 4.69) is 63.3 Å². The Morgan fingerprint density at radius 1 is 0.361 bits per heavy atom. The number of unbranched alkanes of at least 4 members (excludes halogenated alkanes) is 20.